The molecule has 0 saturated heterocycles. The highest BCUT2D eigenvalue weighted by atomic mass is 35.5. The van der Waals surface area contributed by atoms with Crippen LogP contribution in [-0.2, 0) is 0 Å². The van der Waals surface area contributed by atoms with Gasteiger partial charge in [-0.1, -0.05) is 6.07 Å². The number of nitrogens with zero attached hydrogens (tertiary/aromatic N) is 2. The zero-order valence-corrected chi connectivity index (χ0v) is 11.2. The zero-order chi connectivity index (χ0) is 8.55. The molecule has 2 N–H and O–H groups in total. The Bertz CT molecular complexity index is 446. The number of imidazole rings is 1. The Labute approximate surface area is 117 Å². The Morgan fingerprint density at radius 1 is 1.19 bits per heavy atom. The minimum Gasteiger partial charge on any atom is -0.364 e. The molecule has 0 bridgehead atoms. The van der Waals surface area contributed by atoms with Crippen LogP contribution in [0.15, 0.2) is 30.6 Å². The van der Waals surface area contributed by atoms with Gasteiger partial charge in [0.05, 0.1) is 6.20 Å². The number of nitrogens with two attached hydrogens (primary N) is 1. The third kappa shape index (κ3) is 3.72. The van der Waals surface area contributed by atoms with Gasteiger partial charge in [-0.15, -0.1) is 49.6 Å². The smallest absolute Gasteiger partial charge is 0.267 e. The van der Waals surface area contributed by atoms with Crippen molar-refractivity contribution in [2.45, 2.75) is 0 Å². The zero-order valence-electron chi connectivity index (χ0n) is 7.90. The largest absolute Gasteiger partial charge is 0.364 e. The van der Waals surface area contributed by atoms with Gasteiger partial charge in [0.2, 0.25) is 0 Å². The highest BCUT2D eigenvalue weighted by Crippen LogP contribution is 2.04. The number of amides is 1. The van der Waals surface area contributed by atoms with Crippen molar-refractivity contribution in [2.24, 2.45) is 5.73 Å². The average Bonchev–Trinajstić information content (AvgIpc) is 2.47. The lowest BCUT2D eigenvalue weighted by atomic mass is 10.4. The molecule has 0 atom stereocenters. The van der Waals surface area contributed by atoms with Crippen LogP contribution < -0.4 is 5.73 Å². The van der Waals surface area contributed by atoms with Gasteiger partial charge in [-0.25, -0.2) is 4.98 Å². The van der Waals surface area contributed by atoms with E-state index < -0.39 is 5.91 Å². The molecular formula is C8H11Cl4N3O. The number of halogens is 4. The summed E-state index contributed by atoms with van der Waals surface area (Å²) >= 11 is 0. The summed E-state index contributed by atoms with van der Waals surface area (Å²) in [6, 6.07) is 5.49. The molecule has 0 fully saturated rings. The molecule has 92 valence electrons. The van der Waals surface area contributed by atoms with Crippen molar-refractivity contribution in [3.05, 3.63) is 36.3 Å². The first-order chi connectivity index (χ1) is 5.79. The third-order valence-electron chi connectivity index (χ3n) is 1.67. The van der Waals surface area contributed by atoms with Gasteiger partial charge in [0.15, 0.2) is 0 Å². The van der Waals surface area contributed by atoms with E-state index in [1.807, 2.05) is 18.2 Å². The minimum absolute atomic E-state index is 0. The highest BCUT2D eigenvalue weighted by molar-refractivity contribution is 5.91. The van der Waals surface area contributed by atoms with Gasteiger partial charge < -0.3 is 5.73 Å². The molecule has 16 heavy (non-hydrogen) atoms. The molecule has 0 radical (unpaired) electrons. The summed E-state index contributed by atoms with van der Waals surface area (Å²) in [7, 11) is 0. The van der Waals surface area contributed by atoms with Crippen LogP contribution >= 0.6 is 49.6 Å². The van der Waals surface area contributed by atoms with Crippen LogP contribution in [-0.4, -0.2) is 15.3 Å². The highest BCUT2D eigenvalue weighted by Gasteiger charge is 2.05. The van der Waals surface area contributed by atoms with E-state index in [2.05, 4.69) is 4.98 Å². The van der Waals surface area contributed by atoms with E-state index >= 15 is 0 Å². The summed E-state index contributed by atoms with van der Waals surface area (Å²) in [6.45, 7) is 0. The van der Waals surface area contributed by atoms with Gasteiger partial charge >= 0.3 is 0 Å². The van der Waals surface area contributed by atoms with Crippen LogP contribution in [0.3, 0.4) is 0 Å². The van der Waals surface area contributed by atoms with Crippen molar-refractivity contribution < 1.29 is 4.79 Å². The standard InChI is InChI=1S/C8H7N3O.4ClH/c9-8(12)6-5-10-7-3-1-2-4-11(6)7;;;;/h1-5H,(H2,9,12);4*1H. The lowest BCUT2D eigenvalue weighted by molar-refractivity contribution is 0.0995. The Hall–Kier alpha value is -0.680. The number of rotatable bonds is 1. The summed E-state index contributed by atoms with van der Waals surface area (Å²) in [5.74, 6) is -0.464. The summed E-state index contributed by atoms with van der Waals surface area (Å²) in [5, 5.41) is 0. The molecule has 0 aromatic carbocycles. The van der Waals surface area contributed by atoms with Crippen molar-refractivity contribution in [2.75, 3.05) is 0 Å². The van der Waals surface area contributed by atoms with Crippen LogP contribution in [0.5, 0.6) is 0 Å². The Morgan fingerprint density at radius 3 is 2.38 bits per heavy atom. The van der Waals surface area contributed by atoms with Crippen molar-refractivity contribution in [3.63, 3.8) is 0 Å². The van der Waals surface area contributed by atoms with Crippen LogP contribution in [0.4, 0.5) is 0 Å². The SMILES string of the molecule is Cl.Cl.Cl.Cl.NC(=O)c1cnc2ccccn12. The Balaban J connectivity index is -0.000000422. The van der Waals surface area contributed by atoms with E-state index in [-0.39, 0.29) is 49.6 Å². The third-order valence-corrected chi connectivity index (χ3v) is 1.67. The molecule has 0 aliphatic rings. The topological polar surface area (TPSA) is 60.4 Å². The molecule has 0 saturated carbocycles. The number of primary amides is 1. The summed E-state index contributed by atoms with van der Waals surface area (Å²) in [4.78, 5) is 14.8. The average molecular weight is 307 g/mol. The molecule has 2 aromatic heterocycles. The maximum absolute atomic E-state index is 10.8. The predicted octanol–water partition coefficient (Wildman–Crippen LogP) is 2.12. The van der Waals surface area contributed by atoms with Crippen molar-refractivity contribution in [1.82, 2.24) is 9.38 Å². The molecular weight excluding hydrogens is 296 g/mol. The van der Waals surface area contributed by atoms with Crippen LogP contribution in [0.1, 0.15) is 10.5 Å². The maximum Gasteiger partial charge on any atom is 0.267 e. The Morgan fingerprint density at radius 2 is 1.81 bits per heavy atom. The second-order valence-corrected chi connectivity index (χ2v) is 2.44. The minimum atomic E-state index is -0.464. The first-order valence-electron chi connectivity index (χ1n) is 3.51. The number of aromatic nitrogens is 2. The monoisotopic (exact) mass is 305 g/mol. The van der Waals surface area contributed by atoms with E-state index in [1.165, 1.54) is 6.20 Å². The second-order valence-electron chi connectivity index (χ2n) is 2.44. The van der Waals surface area contributed by atoms with Crippen LogP contribution in [0, 0.1) is 0 Å². The quantitative estimate of drug-likeness (QED) is 0.877. The van der Waals surface area contributed by atoms with Gasteiger partial charge in [-0.3, -0.25) is 9.20 Å². The normalized spacial score (nSPS) is 7.75. The molecule has 1 amide bonds. The lowest BCUT2D eigenvalue weighted by Crippen LogP contribution is -2.13. The molecule has 2 rings (SSSR count). The first kappa shape index (κ1) is 20.7. The molecule has 0 aliphatic carbocycles. The van der Waals surface area contributed by atoms with Gasteiger partial charge in [-0.05, 0) is 12.1 Å². The summed E-state index contributed by atoms with van der Waals surface area (Å²) in [5.41, 5.74) is 6.26. The second kappa shape index (κ2) is 8.47. The van der Waals surface area contributed by atoms with Crippen molar-refractivity contribution >= 4 is 61.2 Å². The number of carbonyl (C=O) groups is 1. The summed E-state index contributed by atoms with van der Waals surface area (Å²) in [6.07, 6.45) is 3.22. The molecule has 4 nitrogen and oxygen atoms in total. The number of carbonyl (C=O) groups excluding carboxylic acids is 1. The predicted molar refractivity (Wildman–Crippen MR) is 72.7 cm³/mol. The lowest BCUT2D eigenvalue weighted by Gasteiger charge is -1.94. The van der Waals surface area contributed by atoms with E-state index in [4.69, 9.17) is 5.73 Å². The number of pyridine rings is 1. The number of hydrogen-bond acceptors (Lipinski definition) is 2. The fraction of sp³-hybridized carbons (Fsp3) is 0. The molecule has 0 aliphatic heterocycles. The number of fused-ring (bicyclic) bond motifs is 1. The van der Waals surface area contributed by atoms with E-state index in [9.17, 15) is 4.79 Å². The molecule has 2 heterocycles. The first-order valence-corrected chi connectivity index (χ1v) is 3.51. The van der Waals surface area contributed by atoms with Crippen molar-refractivity contribution in [1.29, 1.82) is 0 Å². The van der Waals surface area contributed by atoms with Crippen LogP contribution in [0.25, 0.3) is 5.65 Å². The van der Waals surface area contributed by atoms with Gasteiger partial charge in [-0.2, -0.15) is 0 Å². The number of hydrogen-bond donors (Lipinski definition) is 1. The van der Waals surface area contributed by atoms with Gasteiger partial charge in [0.25, 0.3) is 5.91 Å². The van der Waals surface area contributed by atoms with E-state index in [0.29, 0.717) is 5.69 Å². The molecule has 0 unspecified atom stereocenters. The van der Waals surface area contributed by atoms with Crippen LogP contribution in [0.2, 0.25) is 0 Å². The van der Waals surface area contributed by atoms with Gasteiger partial charge in [0.1, 0.15) is 11.3 Å². The molecule has 0 spiro atoms. The fourth-order valence-electron chi connectivity index (χ4n) is 1.11. The fourth-order valence-corrected chi connectivity index (χ4v) is 1.11. The maximum atomic E-state index is 10.8. The van der Waals surface area contributed by atoms with E-state index in [1.54, 1.807) is 10.6 Å². The summed E-state index contributed by atoms with van der Waals surface area (Å²) < 4.78 is 1.66. The Kier molecular flexibility index (Phi) is 11.0. The molecule has 8 heteroatoms. The van der Waals surface area contributed by atoms with E-state index in [0.717, 1.165) is 5.65 Å². The molecule has 2 aromatic rings. The van der Waals surface area contributed by atoms with Crippen molar-refractivity contribution in [3.8, 4) is 0 Å². The van der Waals surface area contributed by atoms with Gasteiger partial charge in [0, 0.05) is 6.20 Å².